The highest BCUT2D eigenvalue weighted by molar-refractivity contribution is 5.90. The fraction of sp³-hybridized carbons (Fsp3) is 0.346. The standard InChI is InChI=1S/C26H27N3O5/c1-15-16-11-12-21(32-2)24(33-3)23(16)34-26(31)17(15)14-22(30)29-13-7-6-10-20(29)25-27-18-8-4-5-9-19(18)28-25/h4-5,8-9,11-12,20H,6-7,10,13-14H2,1-3H3,(H,27,28)/t20-/m0/s1. The number of aromatic nitrogens is 2. The third kappa shape index (κ3) is 3.69. The average molecular weight is 462 g/mol. The normalized spacial score (nSPS) is 16.2. The van der Waals surface area contributed by atoms with Crippen molar-refractivity contribution < 1.29 is 18.7 Å². The number of carbonyl (C=O) groups excluding carboxylic acids is 1. The highest BCUT2D eigenvalue weighted by Gasteiger charge is 2.31. The van der Waals surface area contributed by atoms with Gasteiger partial charge in [0.25, 0.3) is 0 Å². The Kier molecular flexibility index (Phi) is 5.73. The van der Waals surface area contributed by atoms with Crippen LogP contribution in [0.4, 0.5) is 0 Å². The van der Waals surface area contributed by atoms with Crippen molar-refractivity contribution in [2.45, 2.75) is 38.6 Å². The maximum absolute atomic E-state index is 13.5. The molecule has 176 valence electrons. The Morgan fingerprint density at radius 1 is 1.18 bits per heavy atom. The monoisotopic (exact) mass is 461 g/mol. The maximum Gasteiger partial charge on any atom is 0.340 e. The summed E-state index contributed by atoms with van der Waals surface area (Å²) in [5, 5.41) is 0.715. The predicted octanol–water partition coefficient (Wildman–Crippen LogP) is 4.29. The SMILES string of the molecule is COc1ccc2c(C)c(CC(=O)N3CCCC[C@H]3c3nc4ccccc4[nH]3)c(=O)oc2c1OC. The predicted molar refractivity (Wildman–Crippen MR) is 128 cm³/mol. The highest BCUT2D eigenvalue weighted by atomic mass is 16.5. The Bertz CT molecular complexity index is 1400. The Labute approximate surface area is 196 Å². The van der Waals surface area contributed by atoms with E-state index >= 15 is 0 Å². The van der Waals surface area contributed by atoms with Crippen LogP contribution >= 0.6 is 0 Å². The summed E-state index contributed by atoms with van der Waals surface area (Å²) in [6.45, 7) is 2.46. The largest absolute Gasteiger partial charge is 0.493 e. The minimum Gasteiger partial charge on any atom is -0.493 e. The lowest BCUT2D eigenvalue weighted by Crippen LogP contribution is -2.40. The van der Waals surface area contributed by atoms with Crippen LogP contribution in [0.15, 0.2) is 45.6 Å². The van der Waals surface area contributed by atoms with Crippen molar-refractivity contribution in [1.82, 2.24) is 14.9 Å². The van der Waals surface area contributed by atoms with E-state index in [-0.39, 0.29) is 18.4 Å². The van der Waals surface area contributed by atoms with Gasteiger partial charge in [0.2, 0.25) is 11.7 Å². The fourth-order valence-electron chi connectivity index (χ4n) is 4.87. The first-order valence-electron chi connectivity index (χ1n) is 11.4. The molecule has 1 amide bonds. The molecule has 0 aliphatic carbocycles. The van der Waals surface area contributed by atoms with Crippen LogP contribution in [0, 0.1) is 6.92 Å². The number of imidazole rings is 1. The maximum atomic E-state index is 13.5. The lowest BCUT2D eigenvalue weighted by molar-refractivity contribution is -0.134. The molecule has 2 aromatic carbocycles. The van der Waals surface area contributed by atoms with Crippen LogP contribution in [0.3, 0.4) is 0 Å². The molecule has 1 N–H and O–H groups in total. The van der Waals surface area contributed by atoms with Crippen LogP contribution in [-0.4, -0.2) is 41.5 Å². The molecular formula is C26H27N3O5. The van der Waals surface area contributed by atoms with Gasteiger partial charge in [-0.25, -0.2) is 9.78 Å². The van der Waals surface area contributed by atoms with Crippen LogP contribution in [0.25, 0.3) is 22.0 Å². The first-order valence-corrected chi connectivity index (χ1v) is 11.4. The van der Waals surface area contributed by atoms with Gasteiger partial charge in [-0.1, -0.05) is 12.1 Å². The van der Waals surface area contributed by atoms with Crippen molar-refractivity contribution in [3.05, 3.63) is 63.8 Å². The van der Waals surface area contributed by atoms with Crippen molar-refractivity contribution in [3.8, 4) is 11.5 Å². The van der Waals surface area contributed by atoms with Gasteiger partial charge >= 0.3 is 5.63 Å². The van der Waals surface area contributed by atoms with E-state index in [1.54, 1.807) is 6.07 Å². The molecule has 0 saturated carbocycles. The molecular weight excluding hydrogens is 434 g/mol. The van der Waals surface area contributed by atoms with E-state index in [4.69, 9.17) is 18.9 Å². The molecule has 0 unspecified atom stereocenters. The van der Waals surface area contributed by atoms with Gasteiger partial charge in [0.15, 0.2) is 11.3 Å². The molecule has 34 heavy (non-hydrogen) atoms. The average Bonchev–Trinajstić information content (AvgIpc) is 3.30. The Morgan fingerprint density at radius 2 is 2.00 bits per heavy atom. The van der Waals surface area contributed by atoms with Crippen LogP contribution in [0.5, 0.6) is 11.5 Å². The van der Waals surface area contributed by atoms with Gasteiger partial charge in [-0.2, -0.15) is 0 Å². The zero-order valence-corrected chi connectivity index (χ0v) is 19.5. The molecule has 1 aliphatic heterocycles. The zero-order valence-electron chi connectivity index (χ0n) is 19.5. The van der Waals surface area contributed by atoms with E-state index in [2.05, 4.69) is 4.98 Å². The number of para-hydroxylation sites is 2. The number of hydrogen-bond acceptors (Lipinski definition) is 6. The quantitative estimate of drug-likeness (QED) is 0.445. The molecule has 1 atom stereocenters. The number of benzene rings is 2. The molecule has 0 bridgehead atoms. The summed E-state index contributed by atoms with van der Waals surface area (Å²) in [5.74, 6) is 1.51. The molecule has 1 aliphatic rings. The molecule has 4 aromatic rings. The lowest BCUT2D eigenvalue weighted by atomic mass is 9.98. The van der Waals surface area contributed by atoms with Crippen LogP contribution < -0.4 is 15.1 Å². The third-order valence-electron chi connectivity index (χ3n) is 6.67. The topological polar surface area (TPSA) is 97.7 Å². The van der Waals surface area contributed by atoms with Crippen LogP contribution in [-0.2, 0) is 11.2 Å². The lowest BCUT2D eigenvalue weighted by Gasteiger charge is -2.34. The summed E-state index contributed by atoms with van der Waals surface area (Å²) >= 11 is 0. The van der Waals surface area contributed by atoms with Crippen molar-refractivity contribution in [2.75, 3.05) is 20.8 Å². The molecule has 8 nitrogen and oxygen atoms in total. The van der Waals surface area contributed by atoms with Gasteiger partial charge in [0.1, 0.15) is 5.82 Å². The number of methoxy groups -OCH3 is 2. The number of piperidine rings is 1. The second-order valence-electron chi connectivity index (χ2n) is 8.59. The second kappa shape index (κ2) is 8.85. The number of nitrogens with one attached hydrogen (secondary N) is 1. The van der Waals surface area contributed by atoms with Gasteiger partial charge in [0.05, 0.1) is 43.3 Å². The summed E-state index contributed by atoms with van der Waals surface area (Å²) in [6.07, 6.45) is 2.73. The van der Waals surface area contributed by atoms with Gasteiger partial charge < -0.3 is 23.8 Å². The second-order valence-corrected chi connectivity index (χ2v) is 8.59. The van der Waals surface area contributed by atoms with E-state index in [1.165, 1.54) is 14.2 Å². The van der Waals surface area contributed by atoms with Crippen molar-refractivity contribution in [2.24, 2.45) is 0 Å². The molecule has 2 aromatic heterocycles. The Balaban J connectivity index is 1.49. The molecule has 5 rings (SSSR count). The van der Waals surface area contributed by atoms with Crippen molar-refractivity contribution in [3.63, 3.8) is 0 Å². The van der Waals surface area contributed by atoms with Crippen molar-refractivity contribution in [1.29, 1.82) is 0 Å². The number of aryl methyl sites for hydroxylation is 1. The van der Waals surface area contributed by atoms with E-state index in [0.29, 0.717) is 40.1 Å². The number of ether oxygens (including phenoxy) is 2. The van der Waals surface area contributed by atoms with E-state index in [9.17, 15) is 9.59 Å². The number of rotatable bonds is 5. The van der Waals surface area contributed by atoms with E-state index in [0.717, 1.165) is 36.1 Å². The minimum absolute atomic E-state index is 0.0326. The zero-order chi connectivity index (χ0) is 23.8. The molecule has 8 heteroatoms. The number of hydrogen-bond donors (Lipinski definition) is 1. The van der Waals surface area contributed by atoms with Crippen molar-refractivity contribution >= 4 is 27.9 Å². The van der Waals surface area contributed by atoms with Gasteiger partial charge in [-0.3, -0.25) is 4.79 Å². The number of nitrogens with zero attached hydrogens (tertiary/aromatic N) is 2. The summed E-state index contributed by atoms with van der Waals surface area (Å²) in [4.78, 5) is 36.4. The molecule has 3 heterocycles. The van der Waals surface area contributed by atoms with E-state index in [1.807, 2.05) is 42.2 Å². The number of carbonyl (C=O) groups is 1. The highest BCUT2D eigenvalue weighted by Crippen LogP contribution is 2.37. The van der Waals surface area contributed by atoms with Gasteiger partial charge in [0, 0.05) is 11.9 Å². The summed E-state index contributed by atoms with van der Waals surface area (Å²) in [6, 6.07) is 11.3. The summed E-state index contributed by atoms with van der Waals surface area (Å²) in [7, 11) is 3.03. The van der Waals surface area contributed by atoms with Gasteiger partial charge in [-0.05, 0) is 56.0 Å². The number of fused-ring (bicyclic) bond motifs is 2. The van der Waals surface area contributed by atoms with Crippen LogP contribution in [0.2, 0.25) is 0 Å². The fourth-order valence-corrected chi connectivity index (χ4v) is 4.87. The first-order chi connectivity index (χ1) is 16.5. The minimum atomic E-state index is -0.540. The summed E-state index contributed by atoms with van der Waals surface area (Å²) in [5.41, 5.74) is 2.68. The summed E-state index contributed by atoms with van der Waals surface area (Å²) < 4.78 is 16.4. The number of likely N-dealkylation sites (tertiary alicyclic amines) is 1. The number of H-pyrrole nitrogens is 1. The van der Waals surface area contributed by atoms with Gasteiger partial charge in [-0.15, -0.1) is 0 Å². The Hall–Kier alpha value is -3.81. The Morgan fingerprint density at radius 3 is 2.76 bits per heavy atom. The molecule has 0 radical (unpaired) electrons. The molecule has 1 saturated heterocycles. The number of aromatic amines is 1. The third-order valence-corrected chi connectivity index (χ3v) is 6.67. The smallest absolute Gasteiger partial charge is 0.340 e. The molecule has 0 spiro atoms. The number of amides is 1. The van der Waals surface area contributed by atoms with E-state index < -0.39 is 5.63 Å². The van der Waals surface area contributed by atoms with Crippen LogP contribution in [0.1, 0.15) is 42.3 Å². The first kappa shape index (κ1) is 22.0. The molecule has 1 fully saturated rings.